The highest BCUT2D eigenvalue weighted by atomic mass is 16.5. The van der Waals surface area contributed by atoms with Crippen molar-refractivity contribution < 1.29 is 14.4 Å². The molecule has 0 bridgehead atoms. The van der Waals surface area contributed by atoms with Crippen LogP contribution in [0.3, 0.4) is 0 Å². The van der Waals surface area contributed by atoms with E-state index in [1.165, 1.54) is 6.42 Å². The molecule has 1 saturated carbocycles. The number of nitrogens with zero attached hydrogens (tertiary/aromatic N) is 2. The Morgan fingerprint density at radius 3 is 2.58 bits per heavy atom. The fourth-order valence-electron chi connectivity index (χ4n) is 3.62. The first-order valence-electron chi connectivity index (χ1n) is 8.42. The lowest BCUT2D eigenvalue weighted by atomic mass is 9.67. The van der Waals surface area contributed by atoms with Gasteiger partial charge < -0.3 is 14.9 Å². The quantitative estimate of drug-likeness (QED) is 0.880. The van der Waals surface area contributed by atoms with Gasteiger partial charge in [0.25, 0.3) is 11.7 Å². The molecule has 2 N–H and O–H groups in total. The van der Waals surface area contributed by atoms with E-state index < -0.39 is 0 Å². The van der Waals surface area contributed by atoms with Crippen molar-refractivity contribution in [2.24, 2.45) is 5.41 Å². The van der Waals surface area contributed by atoms with Crippen molar-refractivity contribution in [2.75, 3.05) is 6.61 Å². The van der Waals surface area contributed by atoms with Crippen LogP contribution in [0.5, 0.6) is 0 Å². The van der Waals surface area contributed by atoms with Crippen LogP contribution in [0.15, 0.2) is 34.9 Å². The van der Waals surface area contributed by atoms with Crippen molar-refractivity contribution in [3.8, 4) is 0 Å². The van der Waals surface area contributed by atoms with Crippen molar-refractivity contribution in [3.05, 3.63) is 47.6 Å². The summed E-state index contributed by atoms with van der Waals surface area (Å²) in [4.78, 5) is 16.6. The second kappa shape index (κ2) is 7.13. The molecule has 1 unspecified atom stereocenters. The smallest absolute Gasteiger partial charge is 0.293 e. The minimum atomic E-state index is -0.376. The number of benzene rings is 1. The Bertz CT molecular complexity index is 678. The molecule has 1 atom stereocenters. The summed E-state index contributed by atoms with van der Waals surface area (Å²) in [5.41, 5.74) is 0.635. The molecule has 3 rings (SSSR count). The zero-order valence-corrected chi connectivity index (χ0v) is 13.9. The number of hydrogen-bond acceptors (Lipinski definition) is 5. The predicted octanol–water partition coefficient (Wildman–Crippen LogP) is 2.79. The molecule has 0 radical (unpaired) electrons. The molecule has 24 heavy (non-hydrogen) atoms. The van der Waals surface area contributed by atoms with Gasteiger partial charge in [-0.2, -0.15) is 4.98 Å². The summed E-state index contributed by atoms with van der Waals surface area (Å²) in [7, 11) is 0. The highest BCUT2D eigenvalue weighted by Gasteiger charge is 2.41. The fraction of sp³-hybridized carbons (Fsp3) is 0.500. The average molecular weight is 329 g/mol. The minimum absolute atomic E-state index is 0.0253. The van der Waals surface area contributed by atoms with Crippen LogP contribution in [0.2, 0.25) is 0 Å². The van der Waals surface area contributed by atoms with Crippen LogP contribution in [0.25, 0.3) is 0 Å². The van der Waals surface area contributed by atoms with Crippen molar-refractivity contribution >= 4 is 5.91 Å². The first-order valence-corrected chi connectivity index (χ1v) is 8.42. The molecule has 6 heteroatoms. The number of aliphatic hydroxyl groups is 1. The van der Waals surface area contributed by atoms with Gasteiger partial charge in [-0.15, -0.1) is 0 Å². The maximum absolute atomic E-state index is 12.6. The van der Waals surface area contributed by atoms with E-state index in [4.69, 9.17) is 4.52 Å². The molecule has 6 nitrogen and oxygen atoms in total. The van der Waals surface area contributed by atoms with E-state index >= 15 is 0 Å². The normalized spacial score (nSPS) is 18.1. The van der Waals surface area contributed by atoms with Gasteiger partial charge in [0.1, 0.15) is 0 Å². The van der Waals surface area contributed by atoms with Gasteiger partial charge in [0.2, 0.25) is 5.89 Å². The Kier molecular flexibility index (Phi) is 4.94. The maximum atomic E-state index is 12.6. The zero-order chi connectivity index (χ0) is 17.0. The lowest BCUT2D eigenvalue weighted by molar-refractivity contribution is 0.0387. The predicted molar refractivity (Wildman–Crippen MR) is 88.3 cm³/mol. The number of carbonyl (C=O) groups is 1. The van der Waals surface area contributed by atoms with Gasteiger partial charge in [-0.25, -0.2) is 0 Å². The van der Waals surface area contributed by atoms with Gasteiger partial charge in [-0.05, 0) is 18.4 Å². The number of amides is 1. The summed E-state index contributed by atoms with van der Waals surface area (Å²) in [6, 6.07) is 9.52. The fourth-order valence-corrected chi connectivity index (χ4v) is 3.62. The van der Waals surface area contributed by atoms with Crippen LogP contribution in [-0.2, 0) is 0 Å². The van der Waals surface area contributed by atoms with E-state index in [1.54, 1.807) is 6.92 Å². The molecule has 2 aromatic rings. The molecular formula is C18H23N3O3. The number of aromatic nitrogens is 2. The molecule has 1 heterocycles. The number of aryl methyl sites for hydroxylation is 1. The van der Waals surface area contributed by atoms with E-state index in [-0.39, 0.29) is 29.8 Å². The molecule has 128 valence electrons. The average Bonchev–Trinajstić information content (AvgIpc) is 3.07. The number of aliphatic hydroxyl groups excluding tert-OH is 1. The molecule has 1 aliphatic carbocycles. The largest absolute Gasteiger partial charge is 0.396 e. The molecule has 0 saturated heterocycles. The van der Waals surface area contributed by atoms with Crippen molar-refractivity contribution in [1.82, 2.24) is 15.5 Å². The van der Waals surface area contributed by atoms with E-state index in [1.807, 2.05) is 30.3 Å². The van der Waals surface area contributed by atoms with Gasteiger partial charge in [0.05, 0.1) is 12.6 Å². The minimum Gasteiger partial charge on any atom is -0.396 e. The summed E-state index contributed by atoms with van der Waals surface area (Å²) in [6.07, 6.45) is 5.05. The summed E-state index contributed by atoms with van der Waals surface area (Å²) >= 11 is 0. The Labute approximate surface area is 141 Å². The molecule has 1 aromatic heterocycles. The van der Waals surface area contributed by atoms with E-state index in [0.717, 1.165) is 31.2 Å². The molecular weight excluding hydrogens is 306 g/mol. The lowest BCUT2D eigenvalue weighted by Gasteiger charge is -2.42. The second-order valence-electron chi connectivity index (χ2n) is 6.54. The van der Waals surface area contributed by atoms with Gasteiger partial charge in [-0.1, -0.05) is 54.8 Å². The van der Waals surface area contributed by atoms with E-state index in [9.17, 15) is 9.90 Å². The van der Waals surface area contributed by atoms with Crippen LogP contribution in [-0.4, -0.2) is 27.8 Å². The summed E-state index contributed by atoms with van der Waals surface area (Å²) < 4.78 is 4.90. The van der Waals surface area contributed by atoms with E-state index in [0.29, 0.717) is 5.89 Å². The Morgan fingerprint density at radius 2 is 2.00 bits per heavy atom. The Balaban J connectivity index is 1.91. The van der Waals surface area contributed by atoms with Crippen LogP contribution in [0, 0.1) is 12.3 Å². The Morgan fingerprint density at radius 1 is 1.29 bits per heavy atom. The van der Waals surface area contributed by atoms with Crippen molar-refractivity contribution in [3.63, 3.8) is 0 Å². The SMILES string of the molecule is Cc1nc(C(=O)NC(c2ccccc2)C2(CO)CCCCC2)no1. The Hall–Kier alpha value is -2.21. The third kappa shape index (κ3) is 3.33. The van der Waals surface area contributed by atoms with Crippen molar-refractivity contribution in [2.45, 2.75) is 45.1 Å². The zero-order valence-electron chi connectivity index (χ0n) is 13.9. The molecule has 1 aliphatic rings. The van der Waals surface area contributed by atoms with Crippen LogP contribution < -0.4 is 5.32 Å². The molecule has 1 aromatic carbocycles. The molecule has 0 spiro atoms. The first-order chi connectivity index (χ1) is 11.6. The number of carbonyl (C=O) groups excluding carboxylic acids is 1. The molecule has 1 amide bonds. The highest BCUT2D eigenvalue weighted by Crippen LogP contribution is 2.45. The van der Waals surface area contributed by atoms with Gasteiger partial charge in [0, 0.05) is 12.3 Å². The first kappa shape index (κ1) is 16.6. The van der Waals surface area contributed by atoms with Gasteiger partial charge in [-0.3, -0.25) is 4.79 Å². The van der Waals surface area contributed by atoms with E-state index in [2.05, 4.69) is 15.5 Å². The molecule has 0 aliphatic heterocycles. The lowest BCUT2D eigenvalue weighted by Crippen LogP contribution is -2.44. The highest BCUT2D eigenvalue weighted by molar-refractivity contribution is 5.90. The van der Waals surface area contributed by atoms with Crippen molar-refractivity contribution in [1.29, 1.82) is 0 Å². The number of rotatable bonds is 5. The van der Waals surface area contributed by atoms with Gasteiger partial charge in [0.15, 0.2) is 0 Å². The summed E-state index contributed by atoms with van der Waals surface area (Å²) in [5, 5.41) is 16.9. The summed E-state index contributed by atoms with van der Waals surface area (Å²) in [6.45, 7) is 1.69. The van der Waals surface area contributed by atoms with Gasteiger partial charge >= 0.3 is 0 Å². The van der Waals surface area contributed by atoms with Crippen LogP contribution >= 0.6 is 0 Å². The van der Waals surface area contributed by atoms with Crippen LogP contribution in [0.1, 0.15) is 60.2 Å². The summed E-state index contributed by atoms with van der Waals surface area (Å²) in [5.74, 6) is 0.00220. The standard InChI is InChI=1S/C18H23N3O3/c1-13-19-16(21-24-13)17(23)20-15(14-8-4-2-5-9-14)18(12-22)10-6-3-7-11-18/h2,4-5,8-9,15,22H,3,6-7,10-12H2,1H3,(H,20,23). The molecule has 1 fully saturated rings. The van der Waals surface area contributed by atoms with Crippen LogP contribution in [0.4, 0.5) is 0 Å². The number of hydrogen-bond donors (Lipinski definition) is 2. The third-order valence-corrected chi connectivity index (χ3v) is 4.92. The topological polar surface area (TPSA) is 88.2 Å². The monoisotopic (exact) mass is 329 g/mol. The third-order valence-electron chi connectivity index (χ3n) is 4.92. The second-order valence-corrected chi connectivity index (χ2v) is 6.54. The maximum Gasteiger partial charge on any atom is 0.293 e. The number of nitrogens with one attached hydrogen (secondary N) is 1.